The van der Waals surface area contributed by atoms with Gasteiger partial charge in [-0.2, -0.15) is 0 Å². The van der Waals surface area contributed by atoms with Crippen molar-refractivity contribution in [2.24, 2.45) is 5.92 Å². The molecule has 0 aliphatic carbocycles. The number of anilines is 2. The third-order valence-electron chi connectivity index (χ3n) is 6.28. The van der Waals surface area contributed by atoms with Crippen LogP contribution in [0, 0.1) is 11.7 Å². The number of piperazine rings is 1. The lowest BCUT2D eigenvalue weighted by Gasteiger charge is -2.35. The fourth-order valence-corrected chi connectivity index (χ4v) is 4.28. The molecule has 0 bridgehead atoms. The summed E-state index contributed by atoms with van der Waals surface area (Å²) in [6, 6.07) is 10.3. The zero-order chi connectivity index (χ0) is 21.6. The van der Waals surface area contributed by atoms with Crippen molar-refractivity contribution < 1.29 is 9.18 Å². The van der Waals surface area contributed by atoms with Crippen LogP contribution >= 0.6 is 0 Å². The van der Waals surface area contributed by atoms with Crippen molar-refractivity contribution >= 4 is 17.5 Å². The van der Waals surface area contributed by atoms with Crippen LogP contribution in [0.3, 0.4) is 0 Å². The second-order valence-corrected chi connectivity index (χ2v) is 8.30. The molecule has 1 amide bonds. The zero-order valence-electron chi connectivity index (χ0n) is 18.1. The van der Waals surface area contributed by atoms with Crippen molar-refractivity contribution in [3.8, 4) is 0 Å². The topological polar surface area (TPSA) is 64.6 Å². The minimum atomic E-state index is -0.270. The SMILES string of the molecule is CCN1CCN(c2ccc(N3CCC[C@H](C(=O)NCc4ccc(F)cc4)C3)nn2)CC1. The highest BCUT2D eigenvalue weighted by Crippen LogP contribution is 2.23. The lowest BCUT2D eigenvalue weighted by Crippen LogP contribution is -2.46. The van der Waals surface area contributed by atoms with Crippen LogP contribution in [-0.4, -0.2) is 66.8 Å². The highest BCUT2D eigenvalue weighted by atomic mass is 19.1. The van der Waals surface area contributed by atoms with Gasteiger partial charge in [-0.25, -0.2) is 4.39 Å². The average molecular weight is 427 g/mol. The molecule has 1 aromatic carbocycles. The molecule has 31 heavy (non-hydrogen) atoms. The van der Waals surface area contributed by atoms with Gasteiger partial charge in [0, 0.05) is 45.8 Å². The first-order valence-corrected chi connectivity index (χ1v) is 11.2. The van der Waals surface area contributed by atoms with Crippen LogP contribution in [-0.2, 0) is 11.3 Å². The molecule has 1 aromatic heterocycles. The molecule has 0 saturated carbocycles. The number of amides is 1. The van der Waals surface area contributed by atoms with Crippen LogP contribution in [0.25, 0.3) is 0 Å². The molecule has 2 aliphatic heterocycles. The molecule has 8 heteroatoms. The first kappa shape index (κ1) is 21.5. The Morgan fingerprint density at radius 3 is 2.32 bits per heavy atom. The van der Waals surface area contributed by atoms with Crippen molar-refractivity contribution in [1.82, 2.24) is 20.4 Å². The lowest BCUT2D eigenvalue weighted by molar-refractivity contribution is -0.125. The Morgan fingerprint density at radius 1 is 1.00 bits per heavy atom. The summed E-state index contributed by atoms with van der Waals surface area (Å²) >= 11 is 0. The monoisotopic (exact) mass is 426 g/mol. The van der Waals surface area contributed by atoms with E-state index in [4.69, 9.17) is 0 Å². The number of hydrogen-bond acceptors (Lipinski definition) is 6. The van der Waals surface area contributed by atoms with Gasteiger partial charge in [0.25, 0.3) is 0 Å². The first-order chi connectivity index (χ1) is 15.1. The predicted octanol–water partition coefficient (Wildman–Crippen LogP) is 2.29. The standard InChI is InChI=1S/C23H31FN6O/c1-2-28-12-14-29(15-13-28)21-9-10-22(27-26-21)30-11-3-4-19(17-30)23(31)25-16-18-5-7-20(24)8-6-18/h5-10,19H,2-4,11-17H2,1H3,(H,25,31)/t19-/m0/s1. The molecule has 166 valence electrons. The van der Waals surface area contributed by atoms with Gasteiger partial charge in [-0.05, 0) is 49.2 Å². The fraction of sp³-hybridized carbons (Fsp3) is 0.522. The van der Waals surface area contributed by atoms with Gasteiger partial charge >= 0.3 is 0 Å². The molecule has 2 saturated heterocycles. The summed E-state index contributed by atoms with van der Waals surface area (Å²) in [5.74, 6) is 1.43. The number of hydrogen-bond donors (Lipinski definition) is 1. The molecule has 0 unspecified atom stereocenters. The molecular formula is C23H31FN6O. The maximum atomic E-state index is 13.0. The minimum Gasteiger partial charge on any atom is -0.354 e. The molecular weight excluding hydrogens is 395 g/mol. The number of carbonyl (C=O) groups is 1. The average Bonchev–Trinajstić information content (AvgIpc) is 2.84. The van der Waals surface area contributed by atoms with E-state index in [2.05, 4.69) is 37.1 Å². The van der Waals surface area contributed by atoms with Crippen molar-refractivity contribution in [1.29, 1.82) is 0 Å². The number of likely N-dealkylation sites (N-methyl/N-ethyl adjacent to an activating group) is 1. The maximum Gasteiger partial charge on any atom is 0.225 e. The second kappa shape index (κ2) is 10.0. The Bertz CT molecular complexity index is 851. The smallest absolute Gasteiger partial charge is 0.225 e. The Hall–Kier alpha value is -2.74. The fourth-order valence-electron chi connectivity index (χ4n) is 4.28. The van der Waals surface area contributed by atoms with Crippen molar-refractivity contribution in [3.05, 3.63) is 47.8 Å². The molecule has 0 radical (unpaired) electrons. The summed E-state index contributed by atoms with van der Waals surface area (Å²) in [4.78, 5) is 19.5. The third-order valence-corrected chi connectivity index (χ3v) is 6.28. The summed E-state index contributed by atoms with van der Waals surface area (Å²) in [6.45, 7) is 9.27. The van der Waals surface area contributed by atoms with Crippen LogP contribution in [0.1, 0.15) is 25.3 Å². The molecule has 1 atom stereocenters. The predicted molar refractivity (Wildman–Crippen MR) is 120 cm³/mol. The van der Waals surface area contributed by atoms with E-state index in [-0.39, 0.29) is 17.6 Å². The maximum absolute atomic E-state index is 13.0. The Balaban J connectivity index is 1.30. The molecule has 4 rings (SSSR count). The summed E-state index contributed by atoms with van der Waals surface area (Å²) in [5, 5.41) is 11.9. The quantitative estimate of drug-likeness (QED) is 0.765. The largest absolute Gasteiger partial charge is 0.354 e. The van der Waals surface area contributed by atoms with Crippen LogP contribution in [0.5, 0.6) is 0 Å². The van der Waals surface area contributed by atoms with Crippen molar-refractivity contribution in [2.45, 2.75) is 26.3 Å². The Morgan fingerprint density at radius 2 is 1.68 bits per heavy atom. The summed E-state index contributed by atoms with van der Waals surface area (Å²) in [7, 11) is 0. The molecule has 3 heterocycles. The second-order valence-electron chi connectivity index (χ2n) is 8.30. The van der Waals surface area contributed by atoms with Crippen molar-refractivity contribution in [3.63, 3.8) is 0 Å². The van der Waals surface area contributed by atoms with Gasteiger partial charge in [-0.15, -0.1) is 10.2 Å². The van der Waals surface area contributed by atoms with Gasteiger partial charge < -0.3 is 20.0 Å². The van der Waals surface area contributed by atoms with E-state index < -0.39 is 0 Å². The Labute approximate surface area is 183 Å². The number of nitrogens with zero attached hydrogens (tertiary/aromatic N) is 5. The number of carbonyl (C=O) groups excluding carboxylic acids is 1. The number of nitrogens with one attached hydrogen (secondary N) is 1. The number of aromatic nitrogens is 2. The number of piperidine rings is 1. The van der Waals surface area contributed by atoms with E-state index in [0.717, 1.165) is 69.3 Å². The van der Waals surface area contributed by atoms with Crippen LogP contribution in [0.4, 0.5) is 16.0 Å². The van der Waals surface area contributed by atoms with E-state index in [1.807, 2.05) is 12.1 Å². The van der Waals surface area contributed by atoms with Gasteiger partial charge in [0.15, 0.2) is 11.6 Å². The minimum absolute atomic E-state index is 0.0346. The molecule has 0 spiro atoms. The molecule has 1 N–H and O–H groups in total. The van der Waals surface area contributed by atoms with Crippen molar-refractivity contribution in [2.75, 3.05) is 55.6 Å². The zero-order valence-corrected chi connectivity index (χ0v) is 18.1. The van der Waals surface area contributed by atoms with Gasteiger partial charge in [0.1, 0.15) is 5.82 Å². The van der Waals surface area contributed by atoms with E-state index in [1.165, 1.54) is 12.1 Å². The normalized spacial score (nSPS) is 20.0. The molecule has 2 aliphatic rings. The van der Waals surface area contributed by atoms with Crippen LogP contribution in [0.15, 0.2) is 36.4 Å². The van der Waals surface area contributed by atoms with Gasteiger partial charge in [0.05, 0.1) is 5.92 Å². The first-order valence-electron chi connectivity index (χ1n) is 11.2. The van der Waals surface area contributed by atoms with Gasteiger partial charge in [-0.3, -0.25) is 4.79 Å². The highest BCUT2D eigenvalue weighted by molar-refractivity contribution is 5.79. The highest BCUT2D eigenvalue weighted by Gasteiger charge is 2.27. The summed E-state index contributed by atoms with van der Waals surface area (Å²) in [5.41, 5.74) is 0.892. The van der Waals surface area contributed by atoms with Crippen LogP contribution in [0.2, 0.25) is 0 Å². The molecule has 7 nitrogen and oxygen atoms in total. The Kier molecular flexibility index (Phi) is 6.96. The van der Waals surface area contributed by atoms with E-state index in [1.54, 1.807) is 12.1 Å². The molecule has 2 aromatic rings. The lowest BCUT2D eigenvalue weighted by atomic mass is 9.97. The summed E-state index contributed by atoms with van der Waals surface area (Å²) in [6.07, 6.45) is 1.80. The number of benzene rings is 1. The van der Waals surface area contributed by atoms with E-state index in [0.29, 0.717) is 13.1 Å². The van der Waals surface area contributed by atoms with Crippen LogP contribution < -0.4 is 15.1 Å². The summed E-state index contributed by atoms with van der Waals surface area (Å²) < 4.78 is 13.0. The number of halogens is 1. The van der Waals surface area contributed by atoms with E-state index in [9.17, 15) is 9.18 Å². The third kappa shape index (κ3) is 5.50. The van der Waals surface area contributed by atoms with E-state index >= 15 is 0 Å². The van der Waals surface area contributed by atoms with Gasteiger partial charge in [0.2, 0.25) is 5.91 Å². The molecule has 2 fully saturated rings. The van der Waals surface area contributed by atoms with Gasteiger partial charge in [-0.1, -0.05) is 19.1 Å². The number of rotatable bonds is 6.